The van der Waals surface area contributed by atoms with E-state index in [-0.39, 0.29) is 24.1 Å². The summed E-state index contributed by atoms with van der Waals surface area (Å²) in [6, 6.07) is 0. The summed E-state index contributed by atoms with van der Waals surface area (Å²) in [4.78, 5) is 0. The molecule has 1 fully saturated rings. The highest BCUT2D eigenvalue weighted by Gasteiger charge is 2.36. The van der Waals surface area contributed by atoms with E-state index in [1.165, 1.54) is 0 Å². The molecule has 3 nitrogen and oxygen atoms in total. The maximum Gasteiger partial charge on any atom is 0.188 e. The standard InChI is InChI=1S/C10H16O3/c1-10(2,3)13-8-5-4-7-6-11-9(8)12-7/h4-5,7-9H,6H2,1-3H3/t7-,8+,9+/m0/s1. The zero-order valence-electron chi connectivity index (χ0n) is 8.32. The van der Waals surface area contributed by atoms with Crippen molar-refractivity contribution in [3.63, 3.8) is 0 Å². The van der Waals surface area contributed by atoms with Crippen LogP contribution in [0.2, 0.25) is 0 Å². The zero-order chi connectivity index (χ0) is 9.47. The van der Waals surface area contributed by atoms with Crippen LogP contribution in [0.25, 0.3) is 0 Å². The molecule has 2 aliphatic rings. The van der Waals surface area contributed by atoms with Crippen LogP contribution in [0.5, 0.6) is 0 Å². The quantitative estimate of drug-likeness (QED) is 0.578. The number of ether oxygens (including phenoxy) is 3. The van der Waals surface area contributed by atoms with Crippen LogP contribution < -0.4 is 0 Å². The first-order valence-electron chi connectivity index (χ1n) is 4.68. The third kappa shape index (κ3) is 2.10. The van der Waals surface area contributed by atoms with Gasteiger partial charge in [-0.1, -0.05) is 12.2 Å². The molecule has 0 unspecified atom stereocenters. The molecule has 0 aromatic heterocycles. The Hall–Kier alpha value is -0.380. The molecule has 0 radical (unpaired) electrons. The van der Waals surface area contributed by atoms with E-state index in [9.17, 15) is 0 Å². The third-order valence-electron chi connectivity index (χ3n) is 2.01. The van der Waals surface area contributed by atoms with Crippen LogP contribution in [-0.4, -0.2) is 30.7 Å². The lowest BCUT2D eigenvalue weighted by Crippen LogP contribution is -2.37. The summed E-state index contributed by atoms with van der Waals surface area (Å²) < 4.78 is 16.7. The topological polar surface area (TPSA) is 27.7 Å². The van der Waals surface area contributed by atoms with E-state index >= 15 is 0 Å². The van der Waals surface area contributed by atoms with Crippen LogP contribution in [0.1, 0.15) is 20.8 Å². The monoisotopic (exact) mass is 184 g/mol. The van der Waals surface area contributed by atoms with E-state index in [0.717, 1.165) is 0 Å². The van der Waals surface area contributed by atoms with Crippen molar-refractivity contribution < 1.29 is 14.2 Å². The molecule has 2 rings (SSSR count). The summed E-state index contributed by atoms with van der Waals surface area (Å²) in [6.45, 7) is 6.75. The van der Waals surface area contributed by atoms with Gasteiger partial charge in [0.1, 0.15) is 12.2 Å². The first kappa shape index (κ1) is 9.19. The van der Waals surface area contributed by atoms with Gasteiger partial charge in [0, 0.05) is 0 Å². The highest BCUT2D eigenvalue weighted by molar-refractivity contribution is 5.04. The summed E-state index contributed by atoms with van der Waals surface area (Å²) in [5.41, 5.74) is -0.156. The molecule has 0 saturated carbocycles. The van der Waals surface area contributed by atoms with E-state index in [4.69, 9.17) is 14.2 Å². The van der Waals surface area contributed by atoms with E-state index in [2.05, 4.69) is 0 Å². The second-order valence-corrected chi connectivity index (χ2v) is 4.46. The Kier molecular flexibility index (Phi) is 2.18. The molecular formula is C10H16O3. The Morgan fingerprint density at radius 2 is 2.08 bits per heavy atom. The lowest BCUT2D eigenvalue weighted by atomic mass is 10.1. The van der Waals surface area contributed by atoms with Gasteiger partial charge < -0.3 is 14.2 Å². The van der Waals surface area contributed by atoms with E-state index in [1.807, 2.05) is 32.9 Å². The zero-order valence-corrected chi connectivity index (χ0v) is 8.32. The first-order valence-corrected chi connectivity index (χ1v) is 4.68. The fourth-order valence-corrected chi connectivity index (χ4v) is 1.54. The first-order chi connectivity index (χ1) is 6.04. The molecule has 2 aliphatic heterocycles. The summed E-state index contributed by atoms with van der Waals surface area (Å²) >= 11 is 0. The molecule has 13 heavy (non-hydrogen) atoms. The Morgan fingerprint density at radius 1 is 1.31 bits per heavy atom. The van der Waals surface area contributed by atoms with Gasteiger partial charge in [0.05, 0.1) is 12.2 Å². The average molecular weight is 184 g/mol. The molecule has 3 atom stereocenters. The molecule has 0 amide bonds. The normalized spacial score (nSPS) is 38.2. The van der Waals surface area contributed by atoms with Crippen molar-refractivity contribution in [3.8, 4) is 0 Å². The van der Waals surface area contributed by atoms with Crippen LogP contribution >= 0.6 is 0 Å². The van der Waals surface area contributed by atoms with Crippen molar-refractivity contribution in [1.29, 1.82) is 0 Å². The highest BCUT2D eigenvalue weighted by Crippen LogP contribution is 2.26. The molecule has 2 heterocycles. The molecule has 0 aliphatic carbocycles. The summed E-state index contributed by atoms with van der Waals surface area (Å²) in [7, 11) is 0. The van der Waals surface area contributed by atoms with Crippen LogP contribution in [0, 0.1) is 0 Å². The van der Waals surface area contributed by atoms with Crippen molar-refractivity contribution in [2.45, 2.75) is 44.9 Å². The predicted molar refractivity (Wildman–Crippen MR) is 48.4 cm³/mol. The molecule has 0 aromatic rings. The van der Waals surface area contributed by atoms with Gasteiger partial charge in [0.2, 0.25) is 0 Å². The third-order valence-corrected chi connectivity index (χ3v) is 2.01. The molecule has 0 aromatic carbocycles. The SMILES string of the molecule is CC(C)(C)O[C@@H]1C=C[C@H]2CO[C@@H]1O2. The Balaban J connectivity index is 2.00. The molecule has 0 spiro atoms. The van der Waals surface area contributed by atoms with Gasteiger partial charge in [0.15, 0.2) is 6.29 Å². The lowest BCUT2D eigenvalue weighted by Gasteiger charge is -2.30. The van der Waals surface area contributed by atoms with Crippen LogP contribution in [-0.2, 0) is 14.2 Å². The maximum absolute atomic E-state index is 5.77. The Bertz CT molecular complexity index is 217. The lowest BCUT2D eigenvalue weighted by molar-refractivity contribution is -0.170. The minimum atomic E-state index is -0.200. The summed E-state index contributed by atoms with van der Waals surface area (Å²) in [5, 5.41) is 0. The van der Waals surface area contributed by atoms with Crippen molar-refractivity contribution in [2.75, 3.05) is 6.61 Å². The van der Waals surface area contributed by atoms with E-state index < -0.39 is 0 Å². The van der Waals surface area contributed by atoms with Crippen molar-refractivity contribution in [3.05, 3.63) is 12.2 Å². The van der Waals surface area contributed by atoms with Gasteiger partial charge in [-0.2, -0.15) is 0 Å². The molecule has 1 saturated heterocycles. The second-order valence-electron chi connectivity index (χ2n) is 4.46. The minimum absolute atomic E-state index is 0.0567. The van der Waals surface area contributed by atoms with Crippen molar-refractivity contribution in [1.82, 2.24) is 0 Å². The number of fused-ring (bicyclic) bond motifs is 2. The van der Waals surface area contributed by atoms with Gasteiger partial charge in [-0.3, -0.25) is 0 Å². The Morgan fingerprint density at radius 3 is 2.77 bits per heavy atom. The minimum Gasteiger partial charge on any atom is -0.363 e. The molecular weight excluding hydrogens is 168 g/mol. The second kappa shape index (κ2) is 3.08. The fourth-order valence-electron chi connectivity index (χ4n) is 1.54. The highest BCUT2D eigenvalue weighted by atomic mass is 16.7. The number of hydrogen-bond donors (Lipinski definition) is 0. The number of rotatable bonds is 1. The summed E-state index contributed by atoms with van der Waals surface area (Å²) in [5.74, 6) is 0. The van der Waals surface area contributed by atoms with Gasteiger partial charge in [-0.05, 0) is 20.8 Å². The van der Waals surface area contributed by atoms with Gasteiger partial charge in [-0.25, -0.2) is 0 Å². The molecule has 74 valence electrons. The molecule has 3 heteroatoms. The predicted octanol–water partition coefficient (Wildman–Crippen LogP) is 1.48. The van der Waals surface area contributed by atoms with Gasteiger partial charge in [0.25, 0.3) is 0 Å². The van der Waals surface area contributed by atoms with Gasteiger partial charge in [-0.15, -0.1) is 0 Å². The van der Waals surface area contributed by atoms with Crippen molar-refractivity contribution in [2.24, 2.45) is 0 Å². The molecule has 0 N–H and O–H groups in total. The van der Waals surface area contributed by atoms with Crippen LogP contribution in [0.15, 0.2) is 12.2 Å². The smallest absolute Gasteiger partial charge is 0.188 e. The maximum atomic E-state index is 5.77. The summed E-state index contributed by atoms with van der Waals surface area (Å²) in [6.07, 6.45) is 3.94. The van der Waals surface area contributed by atoms with Crippen LogP contribution in [0.3, 0.4) is 0 Å². The average Bonchev–Trinajstić information content (AvgIpc) is 2.37. The van der Waals surface area contributed by atoms with Crippen LogP contribution in [0.4, 0.5) is 0 Å². The number of hydrogen-bond acceptors (Lipinski definition) is 3. The Labute approximate surface area is 78.7 Å². The molecule has 2 bridgehead atoms. The van der Waals surface area contributed by atoms with E-state index in [0.29, 0.717) is 6.61 Å². The largest absolute Gasteiger partial charge is 0.363 e. The van der Waals surface area contributed by atoms with Gasteiger partial charge >= 0.3 is 0 Å². The fraction of sp³-hybridized carbons (Fsp3) is 0.800. The van der Waals surface area contributed by atoms with E-state index in [1.54, 1.807) is 0 Å². The van der Waals surface area contributed by atoms with Crippen molar-refractivity contribution >= 4 is 0 Å².